The van der Waals surface area contributed by atoms with Gasteiger partial charge in [0.2, 0.25) is 0 Å². The molecule has 0 amide bonds. The van der Waals surface area contributed by atoms with Crippen LogP contribution in [0.2, 0.25) is 0 Å². The third kappa shape index (κ3) is 6.95. The Balaban J connectivity index is 3.83. The second-order valence-corrected chi connectivity index (χ2v) is 4.52. The molecule has 0 fully saturated rings. The number of hydrogen-bond acceptors (Lipinski definition) is 4. The third-order valence-electron chi connectivity index (χ3n) is 3.04. The zero-order valence-electron chi connectivity index (χ0n) is 12.3. The van der Waals surface area contributed by atoms with Crippen LogP contribution in [-0.2, 0) is 9.47 Å². The van der Waals surface area contributed by atoms with Crippen molar-refractivity contribution in [1.29, 1.82) is 5.26 Å². The van der Waals surface area contributed by atoms with E-state index >= 15 is 0 Å². The lowest BCUT2D eigenvalue weighted by Gasteiger charge is -2.26. The van der Waals surface area contributed by atoms with E-state index in [1.807, 2.05) is 27.7 Å². The average molecular weight is 256 g/mol. The standard InChI is InChI=1S/C14H28N2O2/c1-5-14(12-15,16-6-2)9-8-10-18-13(4)11-17-7-3/h13,16H,5-11H2,1-4H3. The molecule has 1 N–H and O–H groups in total. The Morgan fingerprint density at radius 2 is 2.06 bits per heavy atom. The number of rotatable bonds is 11. The maximum Gasteiger partial charge on any atom is 0.106 e. The maximum atomic E-state index is 9.26. The highest BCUT2D eigenvalue weighted by Crippen LogP contribution is 2.16. The number of ether oxygens (including phenoxy) is 2. The van der Waals surface area contributed by atoms with E-state index in [1.54, 1.807) is 0 Å². The molecule has 0 aliphatic carbocycles. The Morgan fingerprint density at radius 3 is 2.56 bits per heavy atom. The van der Waals surface area contributed by atoms with Crippen LogP contribution in [0.15, 0.2) is 0 Å². The average Bonchev–Trinajstić information content (AvgIpc) is 2.40. The summed E-state index contributed by atoms with van der Waals surface area (Å²) in [4.78, 5) is 0. The smallest absolute Gasteiger partial charge is 0.106 e. The van der Waals surface area contributed by atoms with Crippen LogP contribution >= 0.6 is 0 Å². The predicted octanol–water partition coefficient (Wildman–Crippen LogP) is 2.49. The van der Waals surface area contributed by atoms with E-state index in [1.165, 1.54) is 0 Å². The largest absolute Gasteiger partial charge is 0.379 e. The Hall–Kier alpha value is -0.630. The van der Waals surface area contributed by atoms with Crippen LogP contribution in [0.3, 0.4) is 0 Å². The third-order valence-corrected chi connectivity index (χ3v) is 3.04. The van der Waals surface area contributed by atoms with E-state index in [4.69, 9.17) is 9.47 Å². The Kier molecular flexibility index (Phi) is 9.95. The van der Waals surface area contributed by atoms with Gasteiger partial charge < -0.3 is 9.47 Å². The number of hydrogen-bond donors (Lipinski definition) is 1. The molecule has 106 valence electrons. The van der Waals surface area contributed by atoms with Crippen LogP contribution in [0.25, 0.3) is 0 Å². The van der Waals surface area contributed by atoms with Gasteiger partial charge in [-0.3, -0.25) is 5.32 Å². The molecule has 0 bridgehead atoms. The van der Waals surface area contributed by atoms with E-state index in [0.717, 1.165) is 32.4 Å². The van der Waals surface area contributed by atoms with E-state index in [-0.39, 0.29) is 11.6 Å². The molecule has 0 aliphatic heterocycles. The van der Waals surface area contributed by atoms with Crippen molar-refractivity contribution in [1.82, 2.24) is 5.32 Å². The fourth-order valence-corrected chi connectivity index (χ4v) is 1.89. The van der Waals surface area contributed by atoms with E-state index < -0.39 is 0 Å². The van der Waals surface area contributed by atoms with E-state index in [0.29, 0.717) is 13.2 Å². The fraction of sp³-hybridized carbons (Fsp3) is 0.929. The van der Waals surface area contributed by atoms with E-state index in [2.05, 4.69) is 11.4 Å². The molecule has 0 aromatic carbocycles. The van der Waals surface area contributed by atoms with Gasteiger partial charge in [0.1, 0.15) is 5.54 Å². The van der Waals surface area contributed by atoms with E-state index in [9.17, 15) is 5.26 Å². The second kappa shape index (κ2) is 10.3. The van der Waals surface area contributed by atoms with Crippen LogP contribution in [0, 0.1) is 11.3 Å². The summed E-state index contributed by atoms with van der Waals surface area (Å²) in [7, 11) is 0. The molecular formula is C14H28N2O2. The van der Waals surface area contributed by atoms with Gasteiger partial charge in [-0.1, -0.05) is 13.8 Å². The Bertz CT molecular complexity index is 240. The number of nitrogens with zero attached hydrogens (tertiary/aromatic N) is 1. The summed E-state index contributed by atoms with van der Waals surface area (Å²) in [6.45, 7) is 10.9. The van der Waals surface area contributed by atoms with Gasteiger partial charge in [0.15, 0.2) is 0 Å². The summed E-state index contributed by atoms with van der Waals surface area (Å²) in [5.41, 5.74) is -0.388. The van der Waals surface area contributed by atoms with Gasteiger partial charge in [0.05, 0.1) is 18.8 Å². The summed E-state index contributed by atoms with van der Waals surface area (Å²) in [6, 6.07) is 2.40. The highest BCUT2D eigenvalue weighted by Gasteiger charge is 2.25. The van der Waals surface area contributed by atoms with Crippen LogP contribution < -0.4 is 5.32 Å². The minimum Gasteiger partial charge on any atom is -0.379 e. The molecule has 0 saturated heterocycles. The lowest BCUT2D eigenvalue weighted by atomic mass is 9.92. The molecule has 4 heteroatoms. The number of nitrogens with one attached hydrogen (secondary N) is 1. The van der Waals surface area contributed by atoms with Gasteiger partial charge in [-0.15, -0.1) is 0 Å². The first-order valence-corrected chi connectivity index (χ1v) is 6.99. The molecular weight excluding hydrogens is 228 g/mol. The first kappa shape index (κ1) is 17.4. The van der Waals surface area contributed by atoms with Gasteiger partial charge in [-0.25, -0.2) is 0 Å². The zero-order chi connectivity index (χ0) is 13.9. The van der Waals surface area contributed by atoms with Crippen LogP contribution in [0.4, 0.5) is 0 Å². The van der Waals surface area contributed by atoms with Gasteiger partial charge in [-0.2, -0.15) is 5.26 Å². The molecule has 0 aliphatic rings. The highest BCUT2D eigenvalue weighted by atomic mass is 16.5. The maximum absolute atomic E-state index is 9.26. The molecule has 0 saturated carbocycles. The molecule has 0 radical (unpaired) electrons. The Morgan fingerprint density at radius 1 is 1.33 bits per heavy atom. The summed E-state index contributed by atoms with van der Waals surface area (Å²) < 4.78 is 10.9. The Labute approximate surface area is 112 Å². The van der Waals surface area contributed by atoms with Crippen molar-refractivity contribution in [3.63, 3.8) is 0 Å². The topological polar surface area (TPSA) is 54.3 Å². The molecule has 0 spiro atoms. The summed E-state index contributed by atoms with van der Waals surface area (Å²) >= 11 is 0. The lowest BCUT2D eigenvalue weighted by Crippen LogP contribution is -2.43. The van der Waals surface area contributed by atoms with Crippen molar-refractivity contribution in [2.75, 3.05) is 26.4 Å². The molecule has 4 nitrogen and oxygen atoms in total. The number of nitriles is 1. The first-order valence-electron chi connectivity index (χ1n) is 6.99. The van der Waals surface area contributed by atoms with Crippen LogP contribution in [0.1, 0.15) is 47.0 Å². The molecule has 18 heavy (non-hydrogen) atoms. The van der Waals surface area contributed by atoms with Crippen molar-refractivity contribution < 1.29 is 9.47 Å². The quantitative estimate of drug-likeness (QED) is 0.577. The fourth-order valence-electron chi connectivity index (χ4n) is 1.89. The van der Waals surface area contributed by atoms with Gasteiger partial charge in [0.25, 0.3) is 0 Å². The minimum atomic E-state index is -0.388. The molecule has 0 aromatic rings. The van der Waals surface area contributed by atoms with Gasteiger partial charge in [0, 0.05) is 13.2 Å². The molecule has 0 heterocycles. The van der Waals surface area contributed by atoms with Gasteiger partial charge in [-0.05, 0) is 39.7 Å². The molecule has 0 rings (SSSR count). The highest BCUT2D eigenvalue weighted by molar-refractivity contribution is 5.05. The summed E-state index contributed by atoms with van der Waals surface area (Å²) in [5, 5.41) is 12.5. The molecule has 0 aromatic heterocycles. The van der Waals surface area contributed by atoms with Gasteiger partial charge >= 0.3 is 0 Å². The van der Waals surface area contributed by atoms with Crippen molar-refractivity contribution in [3.8, 4) is 6.07 Å². The summed E-state index contributed by atoms with van der Waals surface area (Å²) in [6.07, 6.45) is 2.67. The SMILES string of the molecule is CCNC(C#N)(CC)CCCOC(C)COCC. The van der Waals surface area contributed by atoms with Crippen molar-refractivity contribution in [2.45, 2.75) is 58.6 Å². The first-order chi connectivity index (χ1) is 8.64. The van der Waals surface area contributed by atoms with Crippen LogP contribution in [-0.4, -0.2) is 38.0 Å². The van der Waals surface area contributed by atoms with Crippen molar-refractivity contribution in [2.24, 2.45) is 0 Å². The predicted molar refractivity (Wildman–Crippen MR) is 73.5 cm³/mol. The lowest BCUT2D eigenvalue weighted by molar-refractivity contribution is -0.00562. The molecule has 2 unspecified atom stereocenters. The molecule has 2 atom stereocenters. The monoisotopic (exact) mass is 256 g/mol. The van der Waals surface area contributed by atoms with Crippen molar-refractivity contribution in [3.05, 3.63) is 0 Å². The zero-order valence-corrected chi connectivity index (χ0v) is 12.3. The second-order valence-electron chi connectivity index (χ2n) is 4.52. The summed E-state index contributed by atoms with van der Waals surface area (Å²) in [5.74, 6) is 0. The normalized spacial score (nSPS) is 15.9. The van der Waals surface area contributed by atoms with Crippen LogP contribution in [0.5, 0.6) is 0 Å². The minimum absolute atomic E-state index is 0.127. The van der Waals surface area contributed by atoms with Crippen molar-refractivity contribution >= 4 is 0 Å².